The van der Waals surface area contributed by atoms with E-state index in [1.807, 2.05) is 6.92 Å². The van der Waals surface area contributed by atoms with Gasteiger partial charge in [0.2, 0.25) is 0 Å². The molecule has 3 fully saturated rings. The zero-order valence-electron chi connectivity index (χ0n) is 12.1. The largest absolute Gasteiger partial charge is 0.310 e. The third-order valence-electron chi connectivity index (χ3n) is 5.96. The molecule has 0 heterocycles. The molecule has 0 saturated heterocycles. The lowest BCUT2D eigenvalue weighted by molar-refractivity contribution is 0.355. The van der Waals surface area contributed by atoms with E-state index in [2.05, 4.69) is 5.32 Å². The maximum atomic E-state index is 14.1. The fraction of sp³-hybridized carbons (Fsp3) is 0.647. The minimum absolute atomic E-state index is 0.0389. The summed E-state index contributed by atoms with van der Waals surface area (Å²) in [6.45, 7) is 2.60. The van der Waals surface area contributed by atoms with Crippen molar-refractivity contribution in [1.82, 2.24) is 5.32 Å². The first-order valence-corrected chi connectivity index (χ1v) is 7.99. The van der Waals surface area contributed by atoms with Crippen molar-refractivity contribution in [3.63, 3.8) is 0 Å². The van der Waals surface area contributed by atoms with Crippen LogP contribution < -0.4 is 5.32 Å². The van der Waals surface area contributed by atoms with Crippen LogP contribution in [0.15, 0.2) is 12.1 Å². The van der Waals surface area contributed by atoms with Gasteiger partial charge in [0.05, 0.1) is 0 Å². The summed E-state index contributed by atoms with van der Waals surface area (Å²) in [4.78, 5) is 0. The Bertz CT molecular complexity index is 534. The Morgan fingerprint density at radius 1 is 1.10 bits per heavy atom. The predicted octanol–water partition coefficient (Wildman–Crippen LogP) is 4.05. The zero-order chi connectivity index (χ0) is 14.7. The summed E-state index contributed by atoms with van der Waals surface area (Å²) in [5, 5.41) is 3.26. The van der Waals surface area contributed by atoms with Gasteiger partial charge in [0.1, 0.15) is 17.5 Å². The summed E-state index contributed by atoms with van der Waals surface area (Å²) in [5.74, 6) is 0.709. The maximum absolute atomic E-state index is 14.1. The molecule has 21 heavy (non-hydrogen) atoms. The first kappa shape index (κ1) is 13.6. The molecule has 0 aliphatic heterocycles. The highest BCUT2D eigenvalue weighted by molar-refractivity contribution is 5.29. The molecule has 1 nitrogen and oxygen atoms in total. The number of hydrogen-bond acceptors (Lipinski definition) is 1. The van der Waals surface area contributed by atoms with E-state index >= 15 is 0 Å². The lowest BCUT2D eigenvalue weighted by Crippen LogP contribution is -2.27. The maximum Gasteiger partial charge on any atom is 0.133 e. The van der Waals surface area contributed by atoms with Gasteiger partial charge in [0.25, 0.3) is 0 Å². The van der Waals surface area contributed by atoms with Crippen LogP contribution >= 0.6 is 0 Å². The topological polar surface area (TPSA) is 12.0 Å². The van der Waals surface area contributed by atoms with Crippen LogP contribution in [-0.2, 0) is 0 Å². The van der Waals surface area contributed by atoms with Crippen molar-refractivity contribution in [3.05, 3.63) is 35.1 Å². The molecule has 3 aliphatic rings. The highest BCUT2D eigenvalue weighted by Crippen LogP contribution is 2.72. The molecular formula is C17H20F3N. The van der Waals surface area contributed by atoms with Gasteiger partial charge in [-0.15, -0.1) is 0 Å². The SMILES string of the molecule is CCNC(c1c(F)cc(F)cc1F)C1C2C3CCC(C3)C21. The minimum Gasteiger partial charge on any atom is -0.310 e. The number of nitrogens with one attached hydrogen (secondary N) is 1. The average molecular weight is 295 g/mol. The summed E-state index contributed by atoms with van der Waals surface area (Å²) < 4.78 is 41.4. The van der Waals surface area contributed by atoms with E-state index in [9.17, 15) is 13.2 Å². The molecule has 114 valence electrons. The Morgan fingerprint density at radius 2 is 1.67 bits per heavy atom. The van der Waals surface area contributed by atoms with Crippen molar-refractivity contribution in [2.24, 2.45) is 29.6 Å². The van der Waals surface area contributed by atoms with Crippen molar-refractivity contribution in [3.8, 4) is 0 Å². The fourth-order valence-electron chi connectivity index (χ4n) is 5.34. The van der Waals surface area contributed by atoms with Crippen LogP contribution in [0.2, 0.25) is 0 Å². The summed E-state index contributed by atoms with van der Waals surface area (Å²) in [5.41, 5.74) is 0.0389. The van der Waals surface area contributed by atoms with Crippen LogP contribution in [0.3, 0.4) is 0 Å². The van der Waals surface area contributed by atoms with Crippen molar-refractivity contribution in [2.75, 3.05) is 6.54 Å². The van der Waals surface area contributed by atoms with E-state index in [1.165, 1.54) is 19.3 Å². The van der Waals surface area contributed by atoms with E-state index in [1.54, 1.807) is 0 Å². The number of fused-ring (bicyclic) bond motifs is 5. The smallest absolute Gasteiger partial charge is 0.133 e. The van der Waals surface area contributed by atoms with E-state index in [0.717, 1.165) is 24.0 Å². The standard InChI is InChI=1S/C17H20F3N/c1-2-21-17(15-11(19)6-10(18)7-12(15)20)16-13-8-3-4-9(5-8)14(13)16/h6-9,13-14,16-17,21H,2-5H2,1H3. The first-order valence-electron chi connectivity index (χ1n) is 7.99. The molecule has 3 aliphatic carbocycles. The summed E-state index contributed by atoms with van der Waals surface area (Å²) >= 11 is 0. The fourth-order valence-corrected chi connectivity index (χ4v) is 5.34. The van der Waals surface area contributed by atoms with Gasteiger partial charge in [-0.05, 0) is 55.4 Å². The van der Waals surface area contributed by atoms with E-state index in [4.69, 9.17) is 0 Å². The second-order valence-corrected chi connectivity index (χ2v) is 6.88. The molecule has 0 spiro atoms. The van der Waals surface area contributed by atoms with Gasteiger partial charge in [-0.3, -0.25) is 0 Å². The second-order valence-electron chi connectivity index (χ2n) is 6.88. The van der Waals surface area contributed by atoms with Crippen LogP contribution in [0.1, 0.15) is 37.8 Å². The quantitative estimate of drug-likeness (QED) is 0.883. The van der Waals surface area contributed by atoms with Crippen molar-refractivity contribution in [2.45, 2.75) is 32.2 Å². The summed E-state index contributed by atoms with van der Waals surface area (Å²) in [7, 11) is 0. The molecule has 1 aromatic carbocycles. The Kier molecular flexibility index (Phi) is 3.07. The summed E-state index contributed by atoms with van der Waals surface area (Å²) in [6.07, 6.45) is 3.85. The third-order valence-corrected chi connectivity index (χ3v) is 5.96. The Labute approximate surface area is 122 Å². The Hall–Kier alpha value is -1.03. The van der Waals surface area contributed by atoms with Crippen molar-refractivity contribution < 1.29 is 13.2 Å². The molecule has 3 saturated carbocycles. The first-order chi connectivity index (χ1) is 10.1. The highest BCUT2D eigenvalue weighted by Gasteiger charge is 2.67. The molecule has 4 heteroatoms. The zero-order valence-corrected chi connectivity index (χ0v) is 12.1. The highest BCUT2D eigenvalue weighted by atomic mass is 19.1. The number of halogens is 3. The van der Waals surface area contributed by atoms with Crippen LogP contribution in [-0.4, -0.2) is 6.54 Å². The lowest BCUT2D eigenvalue weighted by atomic mass is 9.92. The lowest BCUT2D eigenvalue weighted by Gasteiger charge is -2.23. The van der Waals surface area contributed by atoms with Crippen LogP contribution in [0.5, 0.6) is 0 Å². The summed E-state index contributed by atoms with van der Waals surface area (Å²) in [6, 6.07) is 1.29. The molecule has 5 atom stereocenters. The van der Waals surface area contributed by atoms with Crippen molar-refractivity contribution in [1.29, 1.82) is 0 Å². The normalized spacial score (nSPS) is 37.6. The van der Waals surface area contributed by atoms with Gasteiger partial charge in [0.15, 0.2) is 0 Å². The molecule has 1 aromatic rings. The van der Waals surface area contributed by atoms with Gasteiger partial charge < -0.3 is 5.32 Å². The van der Waals surface area contributed by atoms with Crippen LogP contribution in [0.25, 0.3) is 0 Å². The molecule has 5 unspecified atom stereocenters. The molecular weight excluding hydrogens is 275 g/mol. The van der Waals surface area contributed by atoms with E-state index in [0.29, 0.717) is 24.3 Å². The number of rotatable bonds is 4. The Balaban J connectivity index is 1.67. The minimum atomic E-state index is -0.847. The Morgan fingerprint density at radius 3 is 2.19 bits per heavy atom. The van der Waals surface area contributed by atoms with Crippen molar-refractivity contribution >= 4 is 0 Å². The molecule has 0 amide bonds. The molecule has 0 radical (unpaired) electrons. The van der Waals surface area contributed by atoms with Gasteiger partial charge in [-0.25, -0.2) is 13.2 Å². The second kappa shape index (κ2) is 4.73. The predicted molar refractivity (Wildman–Crippen MR) is 74.0 cm³/mol. The van der Waals surface area contributed by atoms with Crippen LogP contribution in [0, 0.1) is 47.0 Å². The van der Waals surface area contributed by atoms with Gasteiger partial charge in [-0.2, -0.15) is 0 Å². The van der Waals surface area contributed by atoms with Gasteiger partial charge in [0, 0.05) is 23.7 Å². The monoisotopic (exact) mass is 295 g/mol. The molecule has 2 bridgehead atoms. The van der Waals surface area contributed by atoms with Gasteiger partial charge in [-0.1, -0.05) is 6.92 Å². The van der Waals surface area contributed by atoms with E-state index < -0.39 is 17.5 Å². The van der Waals surface area contributed by atoms with Gasteiger partial charge >= 0.3 is 0 Å². The van der Waals surface area contributed by atoms with Crippen LogP contribution in [0.4, 0.5) is 13.2 Å². The van der Waals surface area contributed by atoms with E-state index in [-0.39, 0.29) is 11.6 Å². The molecule has 0 aromatic heterocycles. The number of hydrogen-bond donors (Lipinski definition) is 1. The average Bonchev–Trinajstić information content (AvgIpc) is 2.83. The third kappa shape index (κ3) is 1.95. The number of benzene rings is 1. The molecule has 4 rings (SSSR count). The molecule has 1 N–H and O–H groups in total.